The summed E-state index contributed by atoms with van der Waals surface area (Å²) in [6.07, 6.45) is -4.41. The van der Waals surface area contributed by atoms with Gasteiger partial charge in [-0.15, -0.1) is 0 Å². The number of alkyl halides is 3. The molecule has 2 aromatic carbocycles. The number of amides is 1. The number of anilines is 1. The Kier molecular flexibility index (Phi) is 3.20. The van der Waals surface area contributed by atoms with E-state index in [-0.39, 0.29) is 17.9 Å². The molecule has 1 atom stereocenters. The van der Waals surface area contributed by atoms with E-state index in [0.29, 0.717) is 11.3 Å². The minimum absolute atomic E-state index is 0.0180. The number of para-hydroxylation sites is 1. The van der Waals surface area contributed by atoms with E-state index >= 15 is 0 Å². The number of benzene rings is 2. The van der Waals surface area contributed by atoms with Crippen LogP contribution in [0.4, 0.5) is 18.9 Å². The van der Waals surface area contributed by atoms with E-state index in [1.807, 2.05) is 0 Å². The van der Waals surface area contributed by atoms with E-state index in [1.54, 1.807) is 30.3 Å². The molecule has 1 aliphatic heterocycles. The van der Waals surface area contributed by atoms with Crippen LogP contribution in [0.1, 0.15) is 29.0 Å². The van der Waals surface area contributed by atoms with E-state index in [2.05, 4.69) is 5.32 Å². The average Bonchev–Trinajstić information content (AvgIpc) is 2.45. The minimum Gasteiger partial charge on any atom is -0.326 e. The third-order valence-corrected chi connectivity index (χ3v) is 3.64. The Hall–Kier alpha value is -2.30. The van der Waals surface area contributed by atoms with Gasteiger partial charge in [0, 0.05) is 18.0 Å². The second-order valence-corrected chi connectivity index (χ2v) is 4.98. The summed E-state index contributed by atoms with van der Waals surface area (Å²) in [5.74, 6) is -0.844. The number of carbonyl (C=O) groups excluding carboxylic acids is 1. The lowest BCUT2D eigenvalue weighted by Crippen LogP contribution is -2.25. The van der Waals surface area contributed by atoms with Crippen molar-refractivity contribution in [1.82, 2.24) is 0 Å². The maximum absolute atomic E-state index is 13.2. The molecule has 0 saturated heterocycles. The molecule has 2 nitrogen and oxygen atoms in total. The third kappa shape index (κ3) is 2.51. The molecule has 2 aromatic rings. The van der Waals surface area contributed by atoms with Crippen molar-refractivity contribution in [2.45, 2.75) is 18.5 Å². The quantitative estimate of drug-likeness (QED) is 0.839. The fraction of sp³-hybridized carbons (Fsp3) is 0.188. The van der Waals surface area contributed by atoms with Crippen molar-refractivity contribution in [3.63, 3.8) is 0 Å². The van der Waals surface area contributed by atoms with Crippen molar-refractivity contribution in [3.8, 4) is 0 Å². The van der Waals surface area contributed by atoms with Gasteiger partial charge in [-0.2, -0.15) is 13.2 Å². The summed E-state index contributed by atoms with van der Waals surface area (Å²) in [5.41, 5.74) is 0.760. The number of halogens is 3. The van der Waals surface area contributed by atoms with Gasteiger partial charge in [-0.25, -0.2) is 0 Å². The van der Waals surface area contributed by atoms with Gasteiger partial charge in [0.25, 0.3) is 0 Å². The van der Waals surface area contributed by atoms with Gasteiger partial charge in [0.1, 0.15) is 0 Å². The molecule has 0 aromatic heterocycles. The zero-order chi connectivity index (χ0) is 15.0. The Morgan fingerprint density at radius 2 is 1.57 bits per heavy atom. The van der Waals surface area contributed by atoms with Crippen molar-refractivity contribution in [3.05, 3.63) is 65.2 Å². The molecule has 0 saturated carbocycles. The first-order chi connectivity index (χ1) is 9.97. The number of hydrogen-bond donors (Lipinski definition) is 1. The SMILES string of the molecule is O=C1C[C@H](c2ccccc2C(F)(F)F)c2ccccc2N1. The summed E-state index contributed by atoms with van der Waals surface area (Å²) < 4.78 is 39.5. The van der Waals surface area contributed by atoms with Crippen molar-refractivity contribution in [2.24, 2.45) is 0 Å². The summed E-state index contributed by atoms with van der Waals surface area (Å²) in [6, 6.07) is 12.4. The highest BCUT2D eigenvalue weighted by Gasteiger charge is 2.37. The van der Waals surface area contributed by atoms with Crippen molar-refractivity contribution in [1.29, 1.82) is 0 Å². The van der Waals surface area contributed by atoms with Gasteiger partial charge in [-0.05, 0) is 23.3 Å². The lowest BCUT2D eigenvalue weighted by molar-refractivity contribution is -0.138. The predicted octanol–water partition coefficient (Wildman–Crippen LogP) is 4.18. The first-order valence-corrected chi connectivity index (χ1v) is 6.51. The zero-order valence-electron chi connectivity index (χ0n) is 10.9. The van der Waals surface area contributed by atoms with Crippen molar-refractivity contribution in [2.75, 3.05) is 5.32 Å². The number of fused-ring (bicyclic) bond motifs is 1. The fourth-order valence-electron chi connectivity index (χ4n) is 2.75. The summed E-state index contributed by atoms with van der Waals surface area (Å²) in [5, 5.41) is 2.70. The minimum atomic E-state index is -4.43. The number of nitrogens with one attached hydrogen (secondary N) is 1. The first kappa shape index (κ1) is 13.7. The van der Waals surface area contributed by atoms with Crippen LogP contribution in [0, 0.1) is 0 Å². The number of hydrogen-bond acceptors (Lipinski definition) is 1. The van der Waals surface area contributed by atoms with E-state index in [0.717, 1.165) is 6.07 Å². The van der Waals surface area contributed by atoms with Crippen molar-refractivity contribution < 1.29 is 18.0 Å². The van der Waals surface area contributed by atoms with E-state index in [9.17, 15) is 18.0 Å². The van der Waals surface area contributed by atoms with Gasteiger partial charge in [0.15, 0.2) is 0 Å². The second-order valence-electron chi connectivity index (χ2n) is 4.98. The topological polar surface area (TPSA) is 29.1 Å². The van der Waals surface area contributed by atoms with Crippen LogP contribution in [-0.2, 0) is 11.0 Å². The molecule has 1 heterocycles. The zero-order valence-corrected chi connectivity index (χ0v) is 10.9. The lowest BCUT2D eigenvalue weighted by Gasteiger charge is -2.27. The second kappa shape index (κ2) is 4.91. The van der Waals surface area contributed by atoms with Crippen LogP contribution >= 0.6 is 0 Å². The largest absolute Gasteiger partial charge is 0.416 e. The summed E-state index contributed by atoms with van der Waals surface area (Å²) in [6.45, 7) is 0. The molecule has 0 fully saturated rings. The average molecular weight is 291 g/mol. The Bertz CT molecular complexity index is 694. The van der Waals surface area contributed by atoms with Crippen LogP contribution in [0.15, 0.2) is 48.5 Å². The van der Waals surface area contributed by atoms with Crippen LogP contribution in [0.25, 0.3) is 0 Å². The molecule has 0 bridgehead atoms. The summed E-state index contributed by atoms with van der Waals surface area (Å²) in [4.78, 5) is 11.8. The van der Waals surface area contributed by atoms with Gasteiger partial charge in [0.2, 0.25) is 5.91 Å². The first-order valence-electron chi connectivity index (χ1n) is 6.51. The lowest BCUT2D eigenvalue weighted by atomic mass is 9.82. The van der Waals surface area contributed by atoms with E-state index in [1.165, 1.54) is 12.1 Å². The third-order valence-electron chi connectivity index (χ3n) is 3.64. The monoisotopic (exact) mass is 291 g/mol. The molecule has 0 radical (unpaired) electrons. The van der Waals surface area contributed by atoms with E-state index < -0.39 is 17.7 Å². The van der Waals surface area contributed by atoms with Crippen LogP contribution in [0.5, 0.6) is 0 Å². The molecular weight excluding hydrogens is 279 g/mol. The highest BCUT2D eigenvalue weighted by Crippen LogP contribution is 2.42. The molecule has 0 aliphatic carbocycles. The van der Waals surface area contributed by atoms with Crippen LogP contribution in [0.3, 0.4) is 0 Å². The molecule has 108 valence electrons. The molecule has 21 heavy (non-hydrogen) atoms. The Morgan fingerprint density at radius 1 is 0.952 bits per heavy atom. The highest BCUT2D eigenvalue weighted by molar-refractivity contribution is 5.95. The molecule has 5 heteroatoms. The van der Waals surface area contributed by atoms with Gasteiger partial charge in [-0.1, -0.05) is 36.4 Å². The van der Waals surface area contributed by atoms with Gasteiger partial charge >= 0.3 is 6.18 Å². The van der Waals surface area contributed by atoms with Crippen molar-refractivity contribution >= 4 is 11.6 Å². The number of rotatable bonds is 1. The molecule has 3 rings (SSSR count). The molecule has 1 N–H and O–H groups in total. The molecule has 1 amide bonds. The maximum Gasteiger partial charge on any atom is 0.416 e. The molecule has 0 unspecified atom stereocenters. The maximum atomic E-state index is 13.2. The molecule has 0 spiro atoms. The van der Waals surface area contributed by atoms with E-state index in [4.69, 9.17) is 0 Å². The Labute approximate surface area is 119 Å². The van der Waals surface area contributed by atoms with Crippen LogP contribution in [0.2, 0.25) is 0 Å². The Morgan fingerprint density at radius 3 is 2.29 bits per heavy atom. The van der Waals surface area contributed by atoms with Crippen LogP contribution < -0.4 is 5.32 Å². The van der Waals surface area contributed by atoms with Gasteiger partial charge in [-0.3, -0.25) is 4.79 Å². The number of carbonyl (C=O) groups is 1. The van der Waals surface area contributed by atoms with Gasteiger partial charge < -0.3 is 5.32 Å². The van der Waals surface area contributed by atoms with Crippen LogP contribution in [-0.4, -0.2) is 5.91 Å². The molecular formula is C16H12F3NO. The Balaban J connectivity index is 2.16. The standard InChI is InChI=1S/C16H12F3NO/c17-16(18,19)13-7-3-1-5-10(13)12-9-15(21)20-14-8-4-2-6-11(12)14/h1-8,12H,9H2,(H,20,21)/t12-/m1/s1. The highest BCUT2D eigenvalue weighted by atomic mass is 19.4. The smallest absolute Gasteiger partial charge is 0.326 e. The molecule has 1 aliphatic rings. The fourth-order valence-corrected chi connectivity index (χ4v) is 2.75. The van der Waals surface area contributed by atoms with Gasteiger partial charge in [0.05, 0.1) is 5.56 Å². The normalized spacial score (nSPS) is 18.0. The predicted molar refractivity (Wildman–Crippen MR) is 73.0 cm³/mol. The summed E-state index contributed by atoms with van der Waals surface area (Å²) >= 11 is 0. The summed E-state index contributed by atoms with van der Waals surface area (Å²) in [7, 11) is 0.